The fraction of sp³-hybridized carbons (Fsp3) is 0.370. The van der Waals surface area contributed by atoms with Gasteiger partial charge in [0.25, 0.3) is 5.91 Å². The predicted molar refractivity (Wildman–Crippen MR) is 144 cm³/mol. The number of thiazole rings is 1. The summed E-state index contributed by atoms with van der Waals surface area (Å²) in [5.41, 5.74) is 2.24. The second kappa shape index (κ2) is 11.9. The van der Waals surface area contributed by atoms with E-state index in [1.165, 1.54) is 11.3 Å². The summed E-state index contributed by atoms with van der Waals surface area (Å²) in [5, 5.41) is 5.46. The van der Waals surface area contributed by atoms with E-state index < -0.39 is 0 Å². The van der Waals surface area contributed by atoms with Crippen molar-refractivity contribution in [3.05, 3.63) is 70.7 Å². The molecular weight excluding hydrogens is 474 g/mol. The lowest BCUT2D eigenvalue weighted by molar-refractivity contribution is 0.0741. The van der Waals surface area contributed by atoms with Gasteiger partial charge < -0.3 is 24.8 Å². The van der Waals surface area contributed by atoms with Crippen molar-refractivity contribution in [2.45, 2.75) is 33.4 Å². The van der Waals surface area contributed by atoms with Gasteiger partial charge in [-0.15, -0.1) is 11.3 Å². The molecule has 3 amide bonds. The van der Waals surface area contributed by atoms with Gasteiger partial charge in [0.1, 0.15) is 16.5 Å². The molecule has 8 nitrogen and oxygen atoms in total. The third-order valence-corrected chi connectivity index (χ3v) is 6.89. The molecule has 1 aliphatic heterocycles. The lowest BCUT2D eigenvalue weighted by Gasteiger charge is -2.36. The highest BCUT2D eigenvalue weighted by atomic mass is 32.1. The van der Waals surface area contributed by atoms with Gasteiger partial charge in [-0.05, 0) is 45.0 Å². The van der Waals surface area contributed by atoms with Crippen molar-refractivity contribution in [3.8, 4) is 5.75 Å². The summed E-state index contributed by atoms with van der Waals surface area (Å²) in [6.45, 7) is 9.56. The Kier molecular flexibility index (Phi) is 8.43. The number of carbonyl (C=O) groups is 2. The summed E-state index contributed by atoms with van der Waals surface area (Å²) in [7, 11) is 0. The number of rotatable bonds is 8. The topological polar surface area (TPSA) is 78.0 Å². The highest BCUT2D eigenvalue weighted by molar-refractivity contribution is 7.09. The molecule has 0 atom stereocenters. The number of piperazine rings is 1. The van der Waals surface area contributed by atoms with Crippen molar-refractivity contribution in [2.75, 3.05) is 43.0 Å². The van der Waals surface area contributed by atoms with Gasteiger partial charge in [0.2, 0.25) is 0 Å². The van der Waals surface area contributed by atoms with Gasteiger partial charge in [-0.3, -0.25) is 4.79 Å². The van der Waals surface area contributed by atoms with Crippen LogP contribution in [-0.2, 0) is 6.54 Å². The molecule has 3 aromatic rings. The maximum atomic E-state index is 13.2. The predicted octanol–water partition coefficient (Wildman–Crippen LogP) is 4.95. The van der Waals surface area contributed by atoms with E-state index in [-0.39, 0.29) is 18.0 Å². The van der Waals surface area contributed by atoms with Crippen LogP contribution in [0.3, 0.4) is 0 Å². The summed E-state index contributed by atoms with van der Waals surface area (Å²) < 4.78 is 5.77. The minimum Gasteiger partial charge on any atom is -0.492 e. The van der Waals surface area contributed by atoms with Crippen molar-refractivity contribution < 1.29 is 14.3 Å². The monoisotopic (exact) mass is 507 g/mol. The fourth-order valence-corrected chi connectivity index (χ4v) is 4.91. The van der Waals surface area contributed by atoms with E-state index >= 15 is 0 Å². The number of nitrogens with zero attached hydrogens (tertiary/aromatic N) is 4. The van der Waals surface area contributed by atoms with Gasteiger partial charge in [0.05, 0.1) is 18.8 Å². The Morgan fingerprint density at radius 2 is 1.75 bits per heavy atom. The second-order valence-corrected chi connectivity index (χ2v) is 9.77. The standard InChI is InChI=1S/C27H33N5O3S/c1-4-35-24-13-9-8-12-23(24)30-14-16-31(17-15-30)26(33)22-19-36-25(29-22)18-32(20(2)3)27(34)28-21-10-6-5-7-11-21/h5-13,19-20H,4,14-18H2,1-3H3,(H,28,34). The maximum absolute atomic E-state index is 13.2. The fourth-order valence-electron chi connectivity index (χ4n) is 4.14. The van der Waals surface area contributed by atoms with E-state index in [1.54, 1.807) is 10.3 Å². The number of aromatic nitrogens is 1. The molecule has 0 unspecified atom stereocenters. The molecule has 1 fully saturated rings. The summed E-state index contributed by atoms with van der Waals surface area (Å²) in [4.78, 5) is 36.4. The number of urea groups is 1. The highest BCUT2D eigenvalue weighted by Crippen LogP contribution is 2.29. The van der Waals surface area contributed by atoms with Crippen molar-refractivity contribution in [1.29, 1.82) is 0 Å². The van der Waals surface area contributed by atoms with Crippen molar-refractivity contribution in [1.82, 2.24) is 14.8 Å². The van der Waals surface area contributed by atoms with E-state index in [2.05, 4.69) is 21.3 Å². The molecule has 0 bridgehead atoms. The smallest absolute Gasteiger partial charge is 0.322 e. The third-order valence-electron chi connectivity index (χ3n) is 6.06. The zero-order valence-electron chi connectivity index (χ0n) is 21.0. The SMILES string of the molecule is CCOc1ccccc1N1CCN(C(=O)c2csc(CN(C(=O)Nc3ccccc3)C(C)C)n2)CC1. The average molecular weight is 508 g/mol. The van der Waals surface area contributed by atoms with E-state index in [4.69, 9.17) is 4.74 Å². The third kappa shape index (κ3) is 6.15. The number of amides is 3. The van der Waals surface area contributed by atoms with Crippen LogP contribution in [0, 0.1) is 0 Å². The number of para-hydroxylation sites is 3. The van der Waals surface area contributed by atoms with Crippen LogP contribution in [0.1, 0.15) is 36.3 Å². The Hall–Kier alpha value is -3.59. The molecule has 0 saturated carbocycles. The molecule has 36 heavy (non-hydrogen) atoms. The number of benzene rings is 2. The number of hydrogen-bond donors (Lipinski definition) is 1. The van der Waals surface area contributed by atoms with Gasteiger partial charge in [-0.1, -0.05) is 30.3 Å². The Balaban J connectivity index is 1.36. The van der Waals surface area contributed by atoms with Gasteiger partial charge in [0.15, 0.2) is 0 Å². The van der Waals surface area contributed by atoms with E-state index in [0.29, 0.717) is 31.9 Å². The first-order valence-corrected chi connectivity index (χ1v) is 13.2. The minimum absolute atomic E-state index is 0.0237. The van der Waals surface area contributed by atoms with Crippen LogP contribution in [0.25, 0.3) is 0 Å². The molecule has 1 aliphatic rings. The normalized spacial score (nSPS) is 13.6. The highest BCUT2D eigenvalue weighted by Gasteiger charge is 2.26. The van der Waals surface area contributed by atoms with Crippen LogP contribution in [0.15, 0.2) is 60.0 Å². The van der Waals surface area contributed by atoms with Crippen LogP contribution >= 0.6 is 11.3 Å². The second-order valence-electron chi connectivity index (χ2n) is 8.82. The molecule has 4 rings (SSSR count). The van der Waals surface area contributed by atoms with E-state index in [0.717, 1.165) is 35.2 Å². The first-order chi connectivity index (χ1) is 17.5. The van der Waals surface area contributed by atoms with E-state index in [9.17, 15) is 9.59 Å². The lowest BCUT2D eigenvalue weighted by atomic mass is 10.2. The molecular formula is C27H33N5O3S. The maximum Gasteiger partial charge on any atom is 0.322 e. The van der Waals surface area contributed by atoms with Gasteiger partial charge >= 0.3 is 6.03 Å². The molecule has 9 heteroatoms. The van der Waals surface area contributed by atoms with Crippen molar-refractivity contribution >= 4 is 34.6 Å². The zero-order valence-corrected chi connectivity index (χ0v) is 21.8. The Labute approximate surface area is 216 Å². The molecule has 1 aromatic heterocycles. The molecule has 2 heterocycles. The Morgan fingerprint density at radius 1 is 1.06 bits per heavy atom. The molecule has 1 saturated heterocycles. The summed E-state index contributed by atoms with van der Waals surface area (Å²) >= 11 is 1.41. The molecule has 0 aliphatic carbocycles. The number of carbonyl (C=O) groups excluding carboxylic acids is 2. The molecule has 0 radical (unpaired) electrons. The van der Waals surface area contributed by atoms with Gasteiger partial charge in [-0.2, -0.15) is 0 Å². The zero-order chi connectivity index (χ0) is 25.5. The van der Waals surface area contributed by atoms with Crippen molar-refractivity contribution in [2.24, 2.45) is 0 Å². The molecule has 0 spiro atoms. The lowest BCUT2D eigenvalue weighted by Crippen LogP contribution is -2.49. The van der Waals surface area contributed by atoms with Crippen LogP contribution < -0.4 is 15.0 Å². The number of hydrogen-bond acceptors (Lipinski definition) is 6. The van der Waals surface area contributed by atoms with Gasteiger partial charge in [0, 0.05) is 43.3 Å². The Bertz CT molecular complexity index is 1160. The number of anilines is 2. The first-order valence-electron chi connectivity index (χ1n) is 12.3. The quantitative estimate of drug-likeness (QED) is 0.467. The average Bonchev–Trinajstić information content (AvgIpc) is 3.37. The summed E-state index contributed by atoms with van der Waals surface area (Å²) in [6, 6.07) is 17.2. The summed E-state index contributed by atoms with van der Waals surface area (Å²) in [6.07, 6.45) is 0. The first kappa shape index (κ1) is 25.5. The number of nitrogens with one attached hydrogen (secondary N) is 1. The van der Waals surface area contributed by atoms with Gasteiger partial charge in [-0.25, -0.2) is 9.78 Å². The molecule has 190 valence electrons. The van der Waals surface area contributed by atoms with Crippen LogP contribution in [0.5, 0.6) is 5.75 Å². The van der Waals surface area contributed by atoms with Crippen LogP contribution in [0.2, 0.25) is 0 Å². The minimum atomic E-state index is -0.192. The Morgan fingerprint density at radius 3 is 2.44 bits per heavy atom. The van der Waals surface area contributed by atoms with Crippen molar-refractivity contribution in [3.63, 3.8) is 0 Å². The van der Waals surface area contributed by atoms with Crippen LogP contribution in [0.4, 0.5) is 16.2 Å². The molecule has 1 N–H and O–H groups in total. The van der Waals surface area contributed by atoms with Crippen LogP contribution in [-0.4, -0.2) is 65.5 Å². The largest absolute Gasteiger partial charge is 0.492 e. The molecule has 2 aromatic carbocycles. The van der Waals surface area contributed by atoms with E-state index in [1.807, 2.05) is 74.2 Å². The summed E-state index contributed by atoms with van der Waals surface area (Å²) in [5.74, 6) is 0.801. The number of ether oxygens (including phenoxy) is 1.